The lowest BCUT2D eigenvalue weighted by atomic mass is 9.71. The Morgan fingerprint density at radius 2 is 0.850 bits per heavy atom. The van der Waals surface area contributed by atoms with Crippen molar-refractivity contribution in [2.45, 2.75) is 38.8 Å². The van der Waals surface area contributed by atoms with E-state index >= 15 is 0 Å². The number of hydrogen-bond acceptors (Lipinski definition) is 2. The zero-order valence-corrected chi connectivity index (χ0v) is 12.8. The van der Waals surface area contributed by atoms with E-state index in [1.165, 1.54) is 11.1 Å². The lowest BCUT2D eigenvalue weighted by Gasteiger charge is -2.42. The molecule has 0 aromatic heterocycles. The molecule has 4 N–H and O–H groups in total. The first-order valence-electron chi connectivity index (χ1n) is 6.97. The summed E-state index contributed by atoms with van der Waals surface area (Å²) in [5.74, 6) is 0. The summed E-state index contributed by atoms with van der Waals surface area (Å²) in [6.07, 6.45) is 0. The molecule has 106 valence electrons. The number of nitrogens with two attached hydrogens (primary N) is 2. The van der Waals surface area contributed by atoms with Crippen LogP contribution in [0.1, 0.15) is 36.1 Å². The van der Waals surface area contributed by atoms with Gasteiger partial charge in [-0.15, -0.1) is 0 Å². The molecule has 2 aromatic carbocycles. The summed E-state index contributed by atoms with van der Waals surface area (Å²) in [7, 11) is 0. The Balaban J connectivity index is 2.45. The maximum Gasteiger partial charge on any atom is 0.0603 e. The minimum absolute atomic E-state index is 0.643. The minimum Gasteiger partial charge on any atom is -0.320 e. The highest BCUT2D eigenvalue weighted by Gasteiger charge is 2.41. The molecule has 0 fully saturated rings. The first-order valence-corrected chi connectivity index (χ1v) is 6.97. The fraction of sp³-hybridized carbons (Fsp3) is 0.333. The van der Waals surface area contributed by atoms with Crippen molar-refractivity contribution in [3.63, 3.8) is 0 Å². The topological polar surface area (TPSA) is 52.0 Å². The van der Waals surface area contributed by atoms with Crippen molar-refractivity contribution in [1.82, 2.24) is 0 Å². The lowest BCUT2D eigenvalue weighted by molar-refractivity contribution is 0.268. The Morgan fingerprint density at radius 3 is 1.10 bits per heavy atom. The number of aryl methyl sites for hydroxylation is 2. The Morgan fingerprint density at radius 1 is 0.600 bits per heavy atom. The molecule has 2 atom stereocenters. The molecule has 0 aliphatic heterocycles. The van der Waals surface area contributed by atoms with Crippen molar-refractivity contribution in [2.75, 3.05) is 0 Å². The molecule has 0 amide bonds. The summed E-state index contributed by atoms with van der Waals surface area (Å²) < 4.78 is 0. The Hall–Kier alpha value is -1.64. The third-order valence-corrected chi connectivity index (χ3v) is 4.38. The summed E-state index contributed by atoms with van der Waals surface area (Å²) in [6, 6.07) is 16.6. The van der Waals surface area contributed by atoms with Gasteiger partial charge in [-0.1, -0.05) is 59.7 Å². The summed E-state index contributed by atoms with van der Waals surface area (Å²) >= 11 is 0. The lowest BCUT2D eigenvalue weighted by Crippen LogP contribution is -2.57. The third kappa shape index (κ3) is 2.49. The number of rotatable bonds is 3. The number of benzene rings is 2. The van der Waals surface area contributed by atoms with E-state index in [4.69, 9.17) is 11.5 Å². The molecule has 0 unspecified atom stereocenters. The predicted molar refractivity (Wildman–Crippen MR) is 85.4 cm³/mol. The molecular formula is C18H24N2. The highest BCUT2D eigenvalue weighted by Crippen LogP contribution is 2.36. The molecule has 0 saturated carbocycles. The molecule has 0 aliphatic rings. The molecule has 2 nitrogen and oxygen atoms in total. The van der Waals surface area contributed by atoms with Crippen LogP contribution in [0.25, 0.3) is 0 Å². The molecular weight excluding hydrogens is 244 g/mol. The summed E-state index contributed by atoms with van der Waals surface area (Å²) in [6.45, 7) is 8.13. The van der Waals surface area contributed by atoms with Crippen LogP contribution in [0.5, 0.6) is 0 Å². The second-order valence-electron chi connectivity index (χ2n) is 6.14. The van der Waals surface area contributed by atoms with Gasteiger partial charge in [-0.05, 0) is 38.8 Å². The minimum atomic E-state index is -0.643. The van der Waals surface area contributed by atoms with E-state index in [1.54, 1.807) is 0 Å². The Bertz CT molecular complexity index is 522. The largest absolute Gasteiger partial charge is 0.320 e. The van der Waals surface area contributed by atoms with Crippen LogP contribution in [0.4, 0.5) is 0 Å². The molecule has 0 heterocycles. The van der Waals surface area contributed by atoms with E-state index < -0.39 is 11.1 Å². The zero-order valence-electron chi connectivity index (χ0n) is 12.8. The van der Waals surface area contributed by atoms with Crippen LogP contribution in [0, 0.1) is 13.8 Å². The SMILES string of the molecule is Cc1ccc([C@](C)(N)[C@](C)(N)c2ccc(C)cc2)cc1. The van der Waals surface area contributed by atoms with Gasteiger partial charge in [0.05, 0.1) is 11.1 Å². The van der Waals surface area contributed by atoms with Crippen LogP contribution in [0.15, 0.2) is 48.5 Å². The van der Waals surface area contributed by atoms with E-state index in [1.807, 2.05) is 13.8 Å². The summed E-state index contributed by atoms with van der Waals surface area (Å²) in [5, 5.41) is 0. The summed E-state index contributed by atoms with van der Waals surface area (Å²) in [5.41, 5.74) is 16.5. The molecule has 0 aliphatic carbocycles. The van der Waals surface area contributed by atoms with Crippen molar-refractivity contribution < 1.29 is 0 Å². The molecule has 20 heavy (non-hydrogen) atoms. The summed E-state index contributed by atoms with van der Waals surface area (Å²) in [4.78, 5) is 0. The van der Waals surface area contributed by atoms with Crippen LogP contribution in [-0.2, 0) is 11.1 Å². The van der Waals surface area contributed by atoms with Crippen LogP contribution in [0.3, 0.4) is 0 Å². The maximum absolute atomic E-state index is 6.61. The smallest absolute Gasteiger partial charge is 0.0603 e. The average molecular weight is 268 g/mol. The molecule has 2 aromatic rings. The first kappa shape index (κ1) is 14.8. The van der Waals surface area contributed by atoms with Crippen molar-refractivity contribution in [3.05, 3.63) is 70.8 Å². The monoisotopic (exact) mass is 268 g/mol. The van der Waals surface area contributed by atoms with Gasteiger partial charge in [0, 0.05) is 0 Å². The highest BCUT2D eigenvalue weighted by molar-refractivity contribution is 5.37. The molecule has 0 radical (unpaired) electrons. The quantitative estimate of drug-likeness (QED) is 0.897. The van der Waals surface area contributed by atoms with Crippen molar-refractivity contribution in [1.29, 1.82) is 0 Å². The third-order valence-electron chi connectivity index (χ3n) is 4.38. The van der Waals surface area contributed by atoms with Gasteiger partial charge in [-0.25, -0.2) is 0 Å². The van der Waals surface area contributed by atoms with E-state index in [9.17, 15) is 0 Å². The van der Waals surface area contributed by atoms with E-state index in [0.29, 0.717) is 0 Å². The van der Waals surface area contributed by atoms with Gasteiger partial charge in [0.15, 0.2) is 0 Å². The van der Waals surface area contributed by atoms with E-state index in [0.717, 1.165) is 11.1 Å². The first-order chi connectivity index (χ1) is 9.25. The molecule has 0 saturated heterocycles. The zero-order chi connectivity index (χ0) is 15.0. The van der Waals surface area contributed by atoms with Gasteiger partial charge in [-0.2, -0.15) is 0 Å². The molecule has 0 spiro atoms. The molecule has 0 bridgehead atoms. The van der Waals surface area contributed by atoms with Crippen molar-refractivity contribution in [3.8, 4) is 0 Å². The van der Waals surface area contributed by atoms with Crippen LogP contribution < -0.4 is 11.5 Å². The fourth-order valence-electron chi connectivity index (χ4n) is 2.40. The van der Waals surface area contributed by atoms with E-state index in [2.05, 4.69) is 62.4 Å². The second kappa shape index (κ2) is 5.04. The molecule has 2 rings (SSSR count). The van der Waals surface area contributed by atoms with Crippen molar-refractivity contribution >= 4 is 0 Å². The normalized spacial score (nSPS) is 17.3. The van der Waals surface area contributed by atoms with Gasteiger partial charge < -0.3 is 11.5 Å². The Kier molecular flexibility index (Phi) is 3.72. The average Bonchev–Trinajstić information content (AvgIpc) is 2.39. The standard InChI is InChI=1S/C18H24N2/c1-13-5-9-15(10-6-13)17(3,19)18(4,20)16-11-7-14(2)8-12-16/h5-12H,19-20H2,1-4H3/t17-,18+. The molecule has 2 heteroatoms. The van der Waals surface area contributed by atoms with E-state index in [-0.39, 0.29) is 0 Å². The van der Waals surface area contributed by atoms with Crippen LogP contribution in [0.2, 0.25) is 0 Å². The second-order valence-corrected chi connectivity index (χ2v) is 6.14. The van der Waals surface area contributed by atoms with Gasteiger partial charge in [-0.3, -0.25) is 0 Å². The maximum atomic E-state index is 6.61. The highest BCUT2D eigenvalue weighted by atomic mass is 14.9. The number of hydrogen-bond donors (Lipinski definition) is 2. The van der Waals surface area contributed by atoms with Crippen LogP contribution in [-0.4, -0.2) is 0 Å². The fourth-order valence-corrected chi connectivity index (χ4v) is 2.40. The van der Waals surface area contributed by atoms with Crippen LogP contribution >= 0.6 is 0 Å². The Labute approximate surface area is 121 Å². The van der Waals surface area contributed by atoms with Crippen molar-refractivity contribution in [2.24, 2.45) is 11.5 Å². The van der Waals surface area contributed by atoms with Gasteiger partial charge in [0.2, 0.25) is 0 Å². The predicted octanol–water partition coefficient (Wildman–Crippen LogP) is 3.35. The van der Waals surface area contributed by atoms with Gasteiger partial charge in [0.1, 0.15) is 0 Å². The van der Waals surface area contributed by atoms with Gasteiger partial charge >= 0.3 is 0 Å². The van der Waals surface area contributed by atoms with Gasteiger partial charge in [0.25, 0.3) is 0 Å².